The van der Waals surface area contributed by atoms with E-state index in [0.29, 0.717) is 5.75 Å². The monoisotopic (exact) mass is 512 g/mol. The van der Waals surface area contributed by atoms with Gasteiger partial charge < -0.3 is 5.11 Å². The summed E-state index contributed by atoms with van der Waals surface area (Å²) in [4.78, 5) is 0. The van der Waals surface area contributed by atoms with Crippen LogP contribution in [0.2, 0.25) is 0 Å². The van der Waals surface area contributed by atoms with Crippen molar-refractivity contribution in [3.8, 4) is 5.75 Å². The van der Waals surface area contributed by atoms with Gasteiger partial charge in [-0.15, -0.1) is 0 Å². The Labute approximate surface area is 181 Å². The van der Waals surface area contributed by atoms with Crippen molar-refractivity contribution in [3.63, 3.8) is 0 Å². The Morgan fingerprint density at radius 3 is 1.19 bits per heavy atom. The second kappa shape index (κ2) is 10.3. The average molecular weight is 512 g/mol. The van der Waals surface area contributed by atoms with Crippen LogP contribution in [-0.4, -0.2) is 57.7 Å². The summed E-state index contributed by atoms with van der Waals surface area (Å²) < 4.78 is 94.8. The first-order chi connectivity index (χ1) is 14.3. The van der Waals surface area contributed by atoms with Gasteiger partial charge in [-0.1, -0.05) is 48.5 Å². The molecule has 0 heterocycles. The second-order valence-corrected chi connectivity index (χ2v) is 8.47. The lowest BCUT2D eigenvalue weighted by atomic mass is 9.94. The van der Waals surface area contributed by atoms with Crippen molar-refractivity contribution in [2.24, 2.45) is 0 Å². The van der Waals surface area contributed by atoms with E-state index < -0.39 is 31.2 Å². The molecule has 0 spiro atoms. The summed E-state index contributed by atoms with van der Waals surface area (Å²) in [6.07, 6.45) is 0. The molecule has 0 amide bonds. The maximum absolute atomic E-state index is 9.95. The normalized spacial score (nSPS) is 11.7. The van der Waals surface area contributed by atoms with Gasteiger partial charge in [-0.25, -0.2) is 0 Å². The smallest absolute Gasteiger partial charge is 0.394 e. The van der Waals surface area contributed by atoms with Crippen LogP contribution >= 0.6 is 0 Å². The van der Waals surface area contributed by atoms with Crippen molar-refractivity contribution >= 4 is 63.5 Å². The van der Waals surface area contributed by atoms with Crippen LogP contribution in [0, 0.1) is 0 Å². The molecule has 0 atom stereocenters. The molecule has 0 saturated heterocycles. The van der Waals surface area contributed by atoms with Gasteiger partial charge in [-0.3, -0.25) is 27.3 Å². The number of benzene rings is 4. The molecular weight excluding hydrogens is 496 g/mol. The van der Waals surface area contributed by atoms with Crippen LogP contribution in [0.1, 0.15) is 0 Å². The van der Waals surface area contributed by atoms with E-state index in [-0.39, 0.29) is 0 Å². The van der Waals surface area contributed by atoms with Gasteiger partial charge in [-0.05, 0) is 27.6 Å². The Morgan fingerprint density at radius 2 is 0.781 bits per heavy atom. The quantitative estimate of drug-likeness (QED) is 0.132. The van der Waals surface area contributed by atoms with Crippen molar-refractivity contribution in [1.29, 1.82) is 0 Å². The van der Waals surface area contributed by atoms with Gasteiger partial charge in [-0.2, -0.15) is 25.3 Å². The molecule has 13 nitrogen and oxygen atoms in total. The maximum atomic E-state index is 9.95. The molecule has 4 aromatic rings. The first-order valence-electron chi connectivity index (χ1n) is 7.80. The molecule has 0 aromatic heterocycles. The lowest BCUT2D eigenvalue weighted by Crippen LogP contribution is -1.89. The molecule has 0 aliphatic heterocycles. The van der Waals surface area contributed by atoms with Crippen LogP contribution in [-0.2, 0) is 31.2 Å². The topological polar surface area (TPSA) is 244 Å². The molecule has 0 fully saturated rings. The predicted octanol–water partition coefficient (Wildman–Crippen LogP) is 2.33. The number of hydrogen-bond acceptors (Lipinski definition) is 7. The minimum absolute atomic E-state index is 0.357. The van der Waals surface area contributed by atoms with Crippen molar-refractivity contribution in [2.75, 3.05) is 0 Å². The highest BCUT2D eigenvalue weighted by molar-refractivity contribution is 7.80. The summed E-state index contributed by atoms with van der Waals surface area (Å²) in [7, 11) is -14.0. The molecular formula is C16H16O13S3. The fourth-order valence-electron chi connectivity index (χ4n) is 2.72. The molecule has 0 aliphatic carbocycles. The van der Waals surface area contributed by atoms with Crippen molar-refractivity contribution < 1.29 is 57.7 Å². The SMILES string of the molecule is O=S(=O)(O)O.O=S(=O)(O)O.O=S(=O)(O)O.Oc1ccc2ccc3cccc4ccc1c2c34. The summed E-state index contributed by atoms with van der Waals surface area (Å²) in [6.45, 7) is 0. The van der Waals surface area contributed by atoms with E-state index in [1.807, 2.05) is 12.1 Å². The zero-order valence-corrected chi connectivity index (χ0v) is 18.0. The first kappa shape index (κ1) is 27.4. The summed E-state index contributed by atoms with van der Waals surface area (Å²) in [5, 5.41) is 16.9. The van der Waals surface area contributed by atoms with E-state index in [4.69, 9.17) is 52.6 Å². The zero-order chi connectivity index (χ0) is 24.9. The molecule has 0 bridgehead atoms. The summed E-state index contributed by atoms with van der Waals surface area (Å²) >= 11 is 0. The summed E-state index contributed by atoms with van der Waals surface area (Å²) in [6, 6.07) is 18.4. The van der Waals surface area contributed by atoms with Crippen LogP contribution in [0.25, 0.3) is 32.3 Å². The third-order valence-electron chi connectivity index (χ3n) is 3.51. The number of phenols is 1. The van der Waals surface area contributed by atoms with Crippen LogP contribution in [0.4, 0.5) is 0 Å². The number of aromatic hydroxyl groups is 1. The third kappa shape index (κ3) is 10.6. The second-order valence-electron chi connectivity index (χ2n) is 5.78. The van der Waals surface area contributed by atoms with E-state index in [2.05, 4.69) is 36.4 Å². The van der Waals surface area contributed by atoms with E-state index in [1.165, 1.54) is 26.9 Å². The van der Waals surface area contributed by atoms with Gasteiger partial charge in [0, 0.05) is 10.8 Å². The summed E-state index contributed by atoms with van der Waals surface area (Å²) in [5.41, 5.74) is 0. The third-order valence-corrected chi connectivity index (χ3v) is 3.51. The molecule has 4 aromatic carbocycles. The Kier molecular flexibility index (Phi) is 8.81. The van der Waals surface area contributed by atoms with Crippen molar-refractivity contribution in [2.45, 2.75) is 0 Å². The van der Waals surface area contributed by atoms with Crippen LogP contribution in [0.15, 0.2) is 54.6 Å². The van der Waals surface area contributed by atoms with Crippen molar-refractivity contribution in [3.05, 3.63) is 54.6 Å². The molecule has 0 saturated carbocycles. The highest BCUT2D eigenvalue weighted by Gasteiger charge is 2.09. The number of hydrogen-bond donors (Lipinski definition) is 7. The number of phenolic OH excluding ortho intramolecular Hbond substituents is 1. The minimum Gasteiger partial charge on any atom is -0.507 e. The largest absolute Gasteiger partial charge is 0.507 e. The highest BCUT2D eigenvalue weighted by atomic mass is 32.3. The molecule has 0 unspecified atom stereocenters. The fraction of sp³-hybridized carbons (Fsp3) is 0. The van der Waals surface area contributed by atoms with Gasteiger partial charge in [0.05, 0.1) is 0 Å². The molecule has 16 heteroatoms. The Hall–Kier alpha value is -2.67. The predicted molar refractivity (Wildman–Crippen MR) is 114 cm³/mol. The van der Waals surface area contributed by atoms with E-state index in [0.717, 1.165) is 5.39 Å². The molecule has 4 rings (SSSR count). The van der Waals surface area contributed by atoms with Gasteiger partial charge in [0.15, 0.2) is 0 Å². The molecule has 176 valence electrons. The van der Waals surface area contributed by atoms with Crippen LogP contribution in [0.5, 0.6) is 5.75 Å². The summed E-state index contributed by atoms with van der Waals surface area (Å²) in [5.74, 6) is 0.357. The van der Waals surface area contributed by atoms with E-state index in [1.54, 1.807) is 6.07 Å². The van der Waals surface area contributed by atoms with E-state index in [9.17, 15) is 5.11 Å². The average Bonchev–Trinajstić information content (AvgIpc) is 2.57. The molecule has 7 N–H and O–H groups in total. The zero-order valence-electron chi connectivity index (χ0n) is 15.5. The molecule has 32 heavy (non-hydrogen) atoms. The van der Waals surface area contributed by atoms with Crippen LogP contribution in [0.3, 0.4) is 0 Å². The fourth-order valence-corrected chi connectivity index (χ4v) is 2.72. The van der Waals surface area contributed by atoms with Gasteiger partial charge in [0.2, 0.25) is 0 Å². The van der Waals surface area contributed by atoms with Crippen molar-refractivity contribution in [1.82, 2.24) is 0 Å². The van der Waals surface area contributed by atoms with Gasteiger partial charge in [0.1, 0.15) is 5.75 Å². The molecule has 0 radical (unpaired) electrons. The lowest BCUT2D eigenvalue weighted by Gasteiger charge is -2.11. The minimum atomic E-state index is -4.67. The number of rotatable bonds is 0. The Balaban J connectivity index is 0.000000284. The highest BCUT2D eigenvalue weighted by Crippen LogP contribution is 2.37. The Morgan fingerprint density at radius 1 is 0.469 bits per heavy atom. The lowest BCUT2D eigenvalue weighted by molar-refractivity contribution is 0.378. The van der Waals surface area contributed by atoms with Gasteiger partial charge >= 0.3 is 31.2 Å². The van der Waals surface area contributed by atoms with Gasteiger partial charge in [0.25, 0.3) is 0 Å². The van der Waals surface area contributed by atoms with E-state index >= 15 is 0 Å². The Bertz CT molecular complexity index is 1420. The van der Waals surface area contributed by atoms with Crippen LogP contribution < -0.4 is 0 Å². The standard InChI is InChI=1S/C16H10O.3H2O4S/c17-14-9-7-12-5-4-10-2-1-3-11-6-8-13(14)16(12)15(10)11;3*1-5(2,3)4/h1-9,17H;3*(H2,1,2,3,4). The molecule has 0 aliphatic rings. The maximum Gasteiger partial charge on any atom is 0.394 e. The first-order valence-corrected chi connectivity index (χ1v) is 12.0.